The zero-order valence-electron chi connectivity index (χ0n) is 10.00. The number of hydrogen-bond donors (Lipinski definition) is 1. The fraction of sp³-hybridized carbons (Fsp3) is 0.583. The molecule has 2 atom stereocenters. The first kappa shape index (κ1) is 13.1. The minimum absolute atomic E-state index is 0.0333. The maximum Gasteiger partial charge on any atom is 0.416 e. The third-order valence-electron chi connectivity index (χ3n) is 3.18. The van der Waals surface area contributed by atoms with E-state index in [9.17, 15) is 13.2 Å². The standard InChI is InChI=1S/C12H15F3N2O/c1-18-10-4-2-3-9(10)17-11-7-8(5-6-16-11)12(13,14)15/h5-7,9-10H,2-4H2,1H3,(H,16,17). The van der Waals surface area contributed by atoms with Crippen LogP contribution in [0.1, 0.15) is 24.8 Å². The van der Waals surface area contributed by atoms with Crippen molar-refractivity contribution in [2.45, 2.75) is 37.6 Å². The number of nitrogens with one attached hydrogen (secondary N) is 1. The van der Waals surface area contributed by atoms with Crippen molar-refractivity contribution in [3.05, 3.63) is 23.9 Å². The van der Waals surface area contributed by atoms with Crippen LogP contribution in [0.25, 0.3) is 0 Å². The number of anilines is 1. The number of methoxy groups -OCH3 is 1. The first-order valence-corrected chi connectivity index (χ1v) is 5.83. The summed E-state index contributed by atoms with van der Waals surface area (Å²) in [4.78, 5) is 3.92. The van der Waals surface area contributed by atoms with E-state index in [0.29, 0.717) is 0 Å². The van der Waals surface area contributed by atoms with E-state index in [1.54, 1.807) is 7.11 Å². The highest BCUT2D eigenvalue weighted by Gasteiger charge is 2.32. The molecule has 0 saturated heterocycles. The summed E-state index contributed by atoms with van der Waals surface area (Å²) in [6.07, 6.45) is -0.308. The molecule has 6 heteroatoms. The van der Waals surface area contributed by atoms with Gasteiger partial charge in [-0.2, -0.15) is 13.2 Å². The summed E-state index contributed by atoms with van der Waals surface area (Å²) in [5.74, 6) is 0.249. The molecule has 1 aliphatic carbocycles. The molecule has 0 amide bonds. The van der Waals surface area contributed by atoms with Crippen LogP contribution in [0.5, 0.6) is 0 Å². The molecule has 1 aliphatic rings. The molecule has 1 saturated carbocycles. The maximum atomic E-state index is 12.5. The van der Waals surface area contributed by atoms with Gasteiger partial charge in [-0.05, 0) is 31.4 Å². The third kappa shape index (κ3) is 2.93. The number of alkyl halides is 3. The molecule has 1 aromatic heterocycles. The SMILES string of the molecule is COC1CCCC1Nc1cc(C(F)(F)F)ccn1. The summed E-state index contributed by atoms with van der Waals surface area (Å²) in [6.45, 7) is 0. The summed E-state index contributed by atoms with van der Waals surface area (Å²) >= 11 is 0. The molecular weight excluding hydrogens is 245 g/mol. The van der Waals surface area contributed by atoms with Crippen LogP contribution in [0.15, 0.2) is 18.3 Å². The number of pyridine rings is 1. The fourth-order valence-corrected chi connectivity index (χ4v) is 2.25. The third-order valence-corrected chi connectivity index (χ3v) is 3.18. The number of hydrogen-bond acceptors (Lipinski definition) is 3. The second-order valence-electron chi connectivity index (χ2n) is 4.38. The Morgan fingerprint density at radius 1 is 1.39 bits per heavy atom. The van der Waals surface area contributed by atoms with Gasteiger partial charge < -0.3 is 10.1 Å². The predicted molar refractivity (Wildman–Crippen MR) is 61.3 cm³/mol. The Kier molecular flexibility index (Phi) is 3.75. The number of aromatic nitrogens is 1. The van der Waals surface area contributed by atoms with Crippen LogP contribution in [-0.4, -0.2) is 24.2 Å². The maximum absolute atomic E-state index is 12.5. The van der Waals surface area contributed by atoms with Crippen molar-refractivity contribution in [1.82, 2.24) is 4.98 Å². The Bertz CT molecular complexity index is 409. The molecule has 2 unspecified atom stereocenters. The first-order chi connectivity index (χ1) is 8.50. The molecule has 1 fully saturated rings. The highest BCUT2D eigenvalue weighted by Crippen LogP contribution is 2.31. The van der Waals surface area contributed by atoms with Crippen LogP contribution in [0, 0.1) is 0 Å². The summed E-state index contributed by atoms with van der Waals surface area (Å²) in [7, 11) is 1.62. The van der Waals surface area contributed by atoms with Crippen LogP contribution >= 0.6 is 0 Å². The highest BCUT2D eigenvalue weighted by atomic mass is 19.4. The zero-order valence-corrected chi connectivity index (χ0v) is 10.00. The Morgan fingerprint density at radius 3 is 2.83 bits per heavy atom. The first-order valence-electron chi connectivity index (χ1n) is 5.83. The molecular formula is C12H15F3N2O. The quantitative estimate of drug-likeness (QED) is 0.906. The van der Waals surface area contributed by atoms with E-state index in [0.717, 1.165) is 31.4 Å². The van der Waals surface area contributed by atoms with Gasteiger partial charge in [0.1, 0.15) is 5.82 Å². The average molecular weight is 260 g/mol. The molecule has 1 aromatic rings. The van der Waals surface area contributed by atoms with Gasteiger partial charge in [-0.1, -0.05) is 0 Å². The van der Waals surface area contributed by atoms with E-state index in [-0.39, 0.29) is 18.0 Å². The Morgan fingerprint density at radius 2 is 2.17 bits per heavy atom. The smallest absolute Gasteiger partial charge is 0.379 e. The van der Waals surface area contributed by atoms with Gasteiger partial charge in [-0.15, -0.1) is 0 Å². The van der Waals surface area contributed by atoms with Crippen molar-refractivity contribution in [3.8, 4) is 0 Å². The van der Waals surface area contributed by atoms with Gasteiger partial charge in [0, 0.05) is 13.3 Å². The van der Waals surface area contributed by atoms with E-state index >= 15 is 0 Å². The van der Waals surface area contributed by atoms with Crippen LogP contribution in [-0.2, 0) is 10.9 Å². The van der Waals surface area contributed by atoms with Gasteiger partial charge in [0.05, 0.1) is 17.7 Å². The van der Waals surface area contributed by atoms with Gasteiger partial charge in [0.15, 0.2) is 0 Å². The van der Waals surface area contributed by atoms with E-state index in [4.69, 9.17) is 4.74 Å². The highest BCUT2D eigenvalue weighted by molar-refractivity contribution is 5.40. The van der Waals surface area contributed by atoms with Crippen molar-refractivity contribution in [2.24, 2.45) is 0 Å². The van der Waals surface area contributed by atoms with Crippen LogP contribution in [0.3, 0.4) is 0 Å². The molecule has 1 heterocycles. The summed E-state index contributed by atoms with van der Waals surface area (Å²) in [5.41, 5.74) is -0.688. The van der Waals surface area contributed by atoms with E-state index in [2.05, 4.69) is 10.3 Å². The van der Waals surface area contributed by atoms with E-state index in [1.165, 1.54) is 6.20 Å². The van der Waals surface area contributed by atoms with Gasteiger partial charge in [0.25, 0.3) is 0 Å². The largest absolute Gasteiger partial charge is 0.416 e. The van der Waals surface area contributed by atoms with Crippen molar-refractivity contribution in [2.75, 3.05) is 12.4 Å². The molecule has 0 radical (unpaired) electrons. The lowest BCUT2D eigenvalue weighted by Crippen LogP contribution is -2.30. The lowest BCUT2D eigenvalue weighted by molar-refractivity contribution is -0.137. The normalized spacial score (nSPS) is 24.2. The van der Waals surface area contributed by atoms with Gasteiger partial charge in [0.2, 0.25) is 0 Å². The summed E-state index contributed by atoms with van der Waals surface area (Å²) in [5, 5.41) is 3.02. The van der Waals surface area contributed by atoms with Crippen molar-refractivity contribution < 1.29 is 17.9 Å². The van der Waals surface area contributed by atoms with Crippen molar-refractivity contribution >= 4 is 5.82 Å². The molecule has 3 nitrogen and oxygen atoms in total. The minimum atomic E-state index is -4.34. The topological polar surface area (TPSA) is 34.1 Å². The van der Waals surface area contributed by atoms with Crippen molar-refractivity contribution in [1.29, 1.82) is 0 Å². The summed E-state index contributed by atoms with van der Waals surface area (Å²) in [6, 6.07) is 2.03. The molecule has 18 heavy (non-hydrogen) atoms. The Balaban J connectivity index is 2.10. The van der Waals surface area contributed by atoms with E-state index in [1.807, 2.05) is 0 Å². The van der Waals surface area contributed by atoms with Crippen LogP contribution in [0.4, 0.5) is 19.0 Å². The lowest BCUT2D eigenvalue weighted by Gasteiger charge is -2.20. The van der Waals surface area contributed by atoms with Crippen LogP contribution < -0.4 is 5.32 Å². The number of ether oxygens (including phenoxy) is 1. The molecule has 0 spiro atoms. The average Bonchev–Trinajstić information content (AvgIpc) is 2.75. The van der Waals surface area contributed by atoms with Gasteiger partial charge in [-0.3, -0.25) is 0 Å². The van der Waals surface area contributed by atoms with Crippen LogP contribution in [0.2, 0.25) is 0 Å². The molecule has 100 valence electrons. The monoisotopic (exact) mass is 260 g/mol. The second-order valence-corrected chi connectivity index (χ2v) is 4.38. The number of halogens is 3. The molecule has 1 N–H and O–H groups in total. The predicted octanol–water partition coefficient (Wildman–Crippen LogP) is 3.08. The van der Waals surface area contributed by atoms with Crippen molar-refractivity contribution in [3.63, 3.8) is 0 Å². The molecule has 2 rings (SSSR count). The Hall–Kier alpha value is -1.30. The van der Waals surface area contributed by atoms with Gasteiger partial charge in [-0.25, -0.2) is 4.98 Å². The number of rotatable bonds is 3. The van der Waals surface area contributed by atoms with E-state index < -0.39 is 11.7 Å². The molecule has 0 bridgehead atoms. The number of nitrogens with zero attached hydrogens (tertiary/aromatic N) is 1. The zero-order chi connectivity index (χ0) is 13.2. The molecule has 0 aliphatic heterocycles. The van der Waals surface area contributed by atoms with Gasteiger partial charge >= 0.3 is 6.18 Å². The second kappa shape index (κ2) is 5.14. The molecule has 0 aromatic carbocycles. The Labute approximate surface area is 103 Å². The summed E-state index contributed by atoms with van der Waals surface area (Å²) < 4.78 is 42.9. The minimum Gasteiger partial charge on any atom is -0.379 e. The lowest BCUT2D eigenvalue weighted by atomic mass is 10.2. The fourth-order valence-electron chi connectivity index (χ4n) is 2.25.